The molecule has 0 radical (unpaired) electrons. The molecule has 19 heavy (non-hydrogen) atoms. The summed E-state index contributed by atoms with van der Waals surface area (Å²) in [5, 5.41) is 5.43. The Morgan fingerprint density at radius 3 is 2.79 bits per heavy atom. The van der Waals surface area contributed by atoms with Crippen LogP contribution >= 0.6 is 11.3 Å². The number of ether oxygens (including phenoxy) is 1. The lowest BCUT2D eigenvalue weighted by atomic mass is 10.2. The molecule has 1 N–H and O–H groups in total. The first kappa shape index (κ1) is 14.0. The highest BCUT2D eigenvalue weighted by molar-refractivity contribution is 7.10. The number of methoxy groups -OCH3 is 1. The van der Waals surface area contributed by atoms with Crippen LogP contribution in [0, 0.1) is 6.92 Å². The van der Waals surface area contributed by atoms with Crippen LogP contribution in [0.15, 0.2) is 17.5 Å². The Balaban J connectivity index is 2.33. The van der Waals surface area contributed by atoms with Gasteiger partial charge in [-0.1, -0.05) is 6.92 Å². The van der Waals surface area contributed by atoms with Gasteiger partial charge in [0.05, 0.1) is 5.69 Å². The zero-order valence-corrected chi connectivity index (χ0v) is 12.4. The van der Waals surface area contributed by atoms with Crippen LogP contribution in [0.5, 0.6) is 0 Å². The van der Waals surface area contributed by atoms with Gasteiger partial charge in [-0.05, 0) is 19.4 Å². The fourth-order valence-corrected chi connectivity index (χ4v) is 2.46. The van der Waals surface area contributed by atoms with Gasteiger partial charge in [0.2, 0.25) is 0 Å². The maximum Gasteiger partial charge on any atom is 0.157 e. The van der Waals surface area contributed by atoms with Gasteiger partial charge in [-0.15, -0.1) is 11.3 Å². The van der Waals surface area contributed by atoms with Crippen LogP contribution in [0.1, 0.15) is 24.0 Å². The van der Waals surface area contributed by atoms with Gasteiger partial charge in [0.1, 0.15) is 12.4 Å². The number of aromatic nitrogens is 2. The first-order chi connectivity index (χ1) is 9.22. The SMILES string of the molecule is CCCNc1cc(-c2csc(C)c2)nc(COC)n1. The number of nitrogens with zero attached hydrogens (tertiary/aromatic N) is 2. The van der Waals surface area contributed by atoms with Crippen molar-refractivity contribution in [2.45, 2.75) is 26.9 Å². The molecule has 0 bridgehead atoms. The van der Waals surface area contributed by atoms with Crippen LogP contribution in [0.25, 0.3) is 11.3 Å². The number of anilines is 1. The summed E-state index contributed by atoms with van der Waals surface area (Å²) in [6, 6.07) is 4.14. The standard InChI is InChI=1S/C14H19N3OS/c1-4-5-15-13-7-12(11-6-10(2)19-9-11)16-14(17-13)8-18-3/h6-7,9H,4-5,8H2,1-3H3,(H,15,16,17). The average molecular weight is 277 g/mol. The molecule has 0 aliphatic heterocycles. The fraction of sp³-hybridized carbons (Fsp3) is 0.429. The van der Waals surface area contributed by atoms with E-state index in [1.54, 1.807) is 18.4 Å². The third kappa shape index (κ3) is 3.75. The molecule has 4 nitrogen and oxygen atoms in total. The molecule has 2 aromatic rings. The topological polar surface area (TPSA) is 47.0 Å². The van der Waals surface area contributed by atoms with Crippen molar-refractivity contribution in [3.8, 4) is 11.3 Å². The van der Waals surface area contributed by atoms with E-state index in [1.807, 2.05) is 6.07 Å². The molecule has 0 unspecified atom stereocenters. The smallest absolute Gasteiger partial charge is 0.157 e. The van der Waals surface area contributed by atoms with E-state index in [4.69, 9.17) is 4.74 Å². The third-order valence-corrected chi connectivity index (χ3v) is 3.49. The molecular weight excluding hydrogens is 258 g/mol. The van der Waals surface area contributed by atoms with Crippen LogP contribution in [0.2, 0.25) is 0 Å². The predicted molar refractivity (Wildman–Crippen MR) is 79.6 cm³/mol. The second-order valence-corrected chi connectivity index (χ2v) is 5.48. The molecule has 0 aliphatic rings. The van der Waals surface area contributed by atoms with Gasteiger partial charge >= 0.3 is 0 Å². The highest BCUT2D eigenvalue weighted by Crippen LogP contribution is 2.25. The minimum atomic E-state index is 0.428. The minimum Gasteiger partial charge on any atom is -0.377 e. The Bertz CT molecular complexity index is 539. The fourth-order valence-electron chi connectivity index (χ4n) is 1.76. The summed E-state index contributed by atoms with van der Waals surface area (Å²) in [5.74, 6) is 1.57. The van der Waals surface area contributed by atoms with Crippen molar-refractivity contribution in [1.82, 2.24) is 9.97 Å². The van der Waals surface area contributed by atoms with E-state index >= 15 is 0 Å². The van der Waals surface area contributed by atoms with E-state index in [2.05, 4.69) is 40.6 Å². The number of thiophene rings is 1. The molecule has 102 valence electrons. The molecule has 0 aromatic carbocycles. The average Bonchev–Trinajstić information content (AvgIpc) is 2.83. The Morgan fingerprint density at radius 1 is 1.32 bits per heavy atom. The largest absolute Gasteiger partial charge is 0.377 e. The van der Waals surface area contributed by atoms with Crippen molar-refractivity contribution in [1.29, 1.82) is 0 Å². The third-order valence-electron chi connectivity index (χ3n) is 2.63. The van der Waals surface area contributed by atoms with Crippen molar-refractivity contribution in [3.05, 3.63) is 28.2 Å². The van der Waals surface area contributed by atoms with Crippen molar-refractivity contribution in [3.63, 3.8) is 0 Å². The van der Waals surface area contributed by atoms with Crippen LogP contribution in [0.3, 0.4) is 0 Å². The van der Waals surface area contributed by atoms with E-state index < -0.39 is 0 Å². The number of aryl methyl sites for hydroxylation is 1. The lowest BCUT2D eigenvalue weighted by molar-refractivity contribution is 0.178. The van der Waals surface area contributed by atoms with E-state index in [9.17, 15) is 0 Å². The molecule has 5 heteroatoms. The molecular formula is C14H19N3OS. The first-order valence-corrected chi connectivity index (χ1v) is 7.27. The minimum absolute atomic E-state index is 0.428. The predicted octanol–water partition coefficient (Wildman–Crippen LogP) is 3.48. The van der Waals surface area contributed by atoms with E-state index in [0.717, 1.165) is 30.0 Å². The summed E-state index contributed by atoms with van der Waals surface area (Å²) in [5.41, 5.74) is 2.09. The van der Waals surface area contributed by atoms with Crippen molar-refractivity contribution < 1.29 is 4.74 Å². The maximum atomic E-state index is 5.13. The molecule has 2 heterocycles. The summed E-state index contributed by atoms with van der Waals surface area (Å²) in [6.07, 6.45) is 1.07. The van der Waals surface area contributed by atoms with Crippen LogP contribution in [-0.2, 0) is 11.3 Å². The molecule has 0 amide bonds. The van der Waals surface area contributed by atoms with Gasteiger partial charge < -0.3 is 10.1 Å². The normalized spacial score (nSPS) is 10.7. The first-order valence-electron chi connectivity index (χ1n) is 6.39. The van der Waals surface area contributed by atoms with Crippen molar-refractivity contribution in [2.24, 2.45) is 0 Å². The molecule has 0 fully saturated rings. The van der Waals surface area contributed by atoms with Gasteiger partial charge in [-0.2, -0.15) is 0 Å². The zero-order chi connectivity index (χ0) is 13.7. The Hall–Kier alpha value is -1.46. The highest BCUT2D eigenvalue weighted by atomic mass is 32.1. The van der Waals surface area contributed by atoms with E-state index in [1.165, 1.54) is 4.88 Å². The van der Waals surface area contributed by atoms with Gasteiger partial charge in [0.25, 0.3) is 0 Å². The summed E-state index contributed by atoms with van der Waals surface area (Å²) in [6.45, 7) is 5.57. The van der Waals surface area contributed by atoms with Gasteiger partial charge in [0, 0.05) is 35.5 Å². The maximum absolute atomic E-state index is 5.13. The lowest BCUT2D eigenvalue weighted by Gasteiger charge is -2.08. The second kappa shape index (κ2) is 6.63. The molecule has 2 aromatic heterocycles. The Kier molecular flexibility index (Phi) is 4.87. The molecule has 0 atom stereocenters. The number of rotatable bonds is 6. The van der Waals surface area contributed by atoms with Crippen LogP contribution in [0.4, 0.5) is 5.82 Å². The van der Waals surface area contributed by atoms with Crippen LogP contribution < -0.4 is 5.32 Å². The van der Waals surface area contributed by atoms with Crippen LogP contribution in [-0.4, -0.2) is 23.6 Å². The lowest BCUT2D eigenvalue weighted by Crippen LogP contribution is -2.06. The monoisotopic (exact) mass is 277 g/mol. The molecule has 0 saturated heterocycles. The summed E-state index contributed by atoms with van der Waals surface area (Å²) in [4.78, 5) is 10.3. The van der Waals surface area contributed by atoms with Crippen molar-refractivity contribution >= 4 is 17.2 Å². The highest BCUT2D eigenvalue weighted by Gasteiger charge is 2.07. The Morgan fingerprint density at radius 2 is 2.16 bits per heavy atom. The van der Waals surface area contributed by atoms with Gasteiger partial charge in [0.15, 0.2) is 5.82 Å². The molecule has 0 saturated carbocycles. The molecule has 2 rings (SSSR count). The number of nitrogens with one attached hydrogen (secondary N) is 1. The van der Waals surface area contributed by atoms with E-state index in [0.29, 0.717) is 12.4 Å². The van der Waals surface area contributed by atoms with Gasteiger partial charge in [-0.3, -0.25) is 0 Å². The second-order valence-electron chi connectivity index (χ2n) is 4.36. The summed E-state index contributed by atoms with van der Waals surface area (Å²) in [7, 11) is 1.66. The quantitative estimate of drug-likeness (QED) is 0.878. The number of hydrogen-bond donors (Lipinski definition) is 1. The Labute approximate surface area is 117 Å². The van der Waals surface area contributed by atoms with E-state index in [-0.39, 0.29) is 0 Å². The van der Waals surface area contributed by atoms with Gasteiger partial charge in [-0.25, -0.2) is 9.97 Å². The summed E-state index contributed by atoms with van der Waals surface area (Å²) >= 11 is 1.73. The molecule has 0 spiro atoms. The summed E-state index contributed by atoms with van der Waals surface area (Å²) < 4.78 is 5.13. The number of hydrogen-bond acceptors (Lipinski definition) is 5. The zero-order valence-electron chi connectivity index (χ0n) is 11.6. The van der Waals surface area contributed by atoms with Crippen molar-refractivity contribution in [2.75, 3.05) is 19.0 Å². The molecule has 0 aliphatic carbocycles.